The minimum atomic E-state index is 0.268. The van der Waals surface area contributed by atoms with Crippen LogP contribution < -0.4 is 5.73 Å². The number of hydrogen-bond acceptors (Lipinski definition) is 4. The summed E-state index contributed by atoms with van der Waals surface area (Å²) in [6.07, 6.45) is 3.42. The van der Waals surface area contributed by atoms with E-state index in [4.69, 9.17) is 5.73 Å². The second-order valence-corrected chi connectivity index (χ2v) is 3.69. The molecule has 0 radical (unpaired) electrons. The van der Waals surface area contributed by atoms with Crippen LogP contribution in [0.15, 0.2) is 48.8 Å². The first-order chi connectivity index (χ1) is 8.34. The summed E-state index contributed by atoms with van der Waals surface area (Å²) in [7, 11) is 0. The number of rotatable bonds is 1. The van der Waals surface area contributed by atoms with Gasteiger partial charge in [-0.2, -0.15) is 0 Å². The van der Waals surface area contributed by atoms with E-state index in [9.17, 15) is 0 Å². The van der Waals surface area contributed by atoms with Crippen molar-refractivity contribution in [3.8, 4) is 11.3 Å². The number of pyridine rings is 1. The van der Waals surface area contributed by atoms with Crippen molar-refractivity contribution < 1.29 is 0 Å². The fourth-order valence-corrected chi connectivity index (χ4v) is 1.81. The van der Waals surface area contributed by atoms with Crippen molar-refractivity contribution in [1.29, 1.82) is 0 Å². The van der Waals surface area contributed by atoms with Gasteiger partial charge in [0.15, 0.2) is 0 Å². The molecular weight excluding hydrogens is 212 g/mol. The van der Waals surface area contributed by atoms with Gasteiger partial charge in [-0.05, 0) is 6.07 Å². The average molecular weight is 222 g/mol. The molecule has 0 saturated heterocycles. The summed E-state index contributed by atoms with van der Waals surface area (Å²) in [5.41, 5.74) is 8.34. The Morgan fingerprint density at radius 2 is 1.76 bits per heavy atom. The molecule has 0 spiro atoms. The third-order valence-corrected chi connectivity index (χ3v) is 2.56. The number of benzene rings is 1. The molecular formula is C13H10N4. The summed E-state index contributed by atoms with van der Waals surface area (Å²) < 4.78 is 0. The van der Waals surface area contributed by atoms with E-state index in [1.54, 1.807) is 12.4 Å². The number of hydrogen-bond donors (Lipinski definition) is 1. The molecule has 3 rings (SSSR count). The zero-order chi connectivity index (χ0) is 11.7. The summed E-state index contributed by atoms with van der Waals surface area (Å²) in [4.78, 5) is 12.5. The molecule has 1 aromatic carbocycles. The van der Waals surface area contributed by atoms with Gasteiger partial charge in [-0.25, -0.2) is 9.97 Å². The van der Waals surface area contributed by atoms with Crippen LogP contribution >= 0.6 is 0 Å². The summed E-state index contributed by atoms with van der Waals surface area (Å²) in [6, 6.07) is 11.8. The smallest absolute Gasteiger partial charge is 0.221 e. The van der Waals surface area contributed by atoms with E-state index in [0.29, 0.717) is 0 Å². The molecule has 0 amide bonds. The number of anilines is 1. The Balaban J connectivity index is 2.36. The summed E-state index contributed by atoms with van der Waals surface area (Å²) in [5, 5.41) is 0.959. The molecule has 82 valence electrons. The summed E-state index contributed by atoms with van der Waals surface area (Å²) in [6.45, 7) is 0. The second-order valence-electron chi connectivity index (χ2n) is 3.69. The van der Waals surface area contributed by atoms with Crippen molar-refractivity contribution in [2.75, 3.05) is 5.73 Å². The molecule has 0 aliphatic heterocycles. The number of nitrogen functional groups attached to an aromatic ring is 1. The van der Waals surface area contributed by atoms with E-state index in [1.807, 2.05) is 36.4 Å². The van der Waals surface area contributed by atoms with Crippen molar-refractivity contribution >= 4 is 16.9 Å². The number of nitrogens with zero attached hydrogens (tertiary/aromatic N) is 3. The summed E-state index contributed by atoms with van der Waals surface area (Å²) in [5.74, 6) is 0.268. The van der Waals surface area contributed by atoms with Gasteiger partial charge in [0.05, 0.1) is 17.4 Å². The van der Waals surface area contributed by atoms with Crippen LogP contribution in [-0.2, 0) is 0 Å². The van der Waals surface area contributed by atoms with E-state index in [2.05, 4.69) is 15.0 Å². The Bertz CT molecular complexity index is 665. The van der Waals surface area contributed by atoms with Gasteiger partial charge in [-0.15, -0.1) is 0 Å². The Morgan fingerprint density at radius 3 is 2.59 bits per heavy atom. The van der Waals surface area contributed by atoms with E-state index in [1.165, 1.54) is 0 Å². The fraction of sp³-hybridized carbons (Fsp3) is 0. The minimum Gasteiger partial charge on any atom is -0.368 e. The van der Waals surface area contributed by atoms with E-state index in [0.717, 1.165) is 22.2 Å². The van der Waals surface area contributed by atoms with Crippen LogP contribution in [0.3, 0.4) is 0 Å². The molecule has 3 aromatic rings. The normalized spacial score (nSPS) is 10.6. The first kappa shape index (κ1) is 9.72. The molecule has 2 aromatic heterocycles. The van der Waals surface area contributed by atoms with Gasteiger partial charge in [0.1, 0.15) is 0 Å². The molecule has 2 N–H and O–H groups in total. The van der Waals surface area contributed by atoms with Gasteiger partial charge in [-0.3, -0.25) is 4.98 Å². The fourth-order valence-electron chi connectivity index (χ4n) is 1.81. The second kappa shape index (κ2) is 3.83. The molecule has 2 heterocycles. The third kappa shape index (κ3) is 1.69. The molecule has 0 fully saturated rings. The van der Waals surface area contributed by atoms with Crippen molar-refractivity contribution in [3.05, 3.63) is 48.8 Å². The molecule has 0 aliphatic carbocycles. The third-order valence-electron chi connectivity index (χ3n) is 2.56. The molecule has 17 heavy (non-hydrogen) atoms. The Morgan fingerprint density at radius 1 is 0.941 bits per heavy atom. The van der Waals surface area contributed by atoms with Gasteiger partial charge >= 0.3 is 0 Å². The molecule has 4 heteroatoms. The van der Waals surface area contributed by atoms with Gasteiger partial charge in [0.2, 0.25) is 5.95 Å². The van der Waals surface area contributed by atoms with Crippen LogP contribution in [0.5, 0.6) is 0 Å². The van der Waals surface area contributed by atoms with Crippen LogP contribution in [-0.4, -0.2) is 15.0 Å². The molecule has 0 aliphatic rings. The first-order valence-electron chi connectivity index (χ1n) is 5.27. The van der Waals surface area contributed by atoms with Crippen LogP contribution in [0, 0.1) is 0 Å². The monoisotopic (exact) mass is 222 g/mol. The molecule has 0 bridgehead atoms. The molecule has 0 unspecified atom stereocenters. The lowest BCUT2D eigenvalue weighted by Crippen LogP contribution is -1.98. The van der Waals surface area contributed by atoms with Crippen molar-refractivity contribution in [3.63, 3.8) is 0 Å². The predicted molar refractivity (Wildman–Crippen MR) is 67.2 cm³/mol. The summed E-state index contributed by atoms with van der Waals surface area (Å²) >= 11 is 0. The maximum absolute atomic E-state index is 5.71. The van der Waals surface area contributed by atoms with E-state index < -0.39 is 0 Å². The van der Waals surface area contributed by atoms with E-state index >= 15 is 0 Å². The minimum absolute atomic E-state index is 0.268. The Hall–Kier alpha value is -2.49. The Labute approximate surface area is 98.2 Å². The number of aromatic nitrogens is 3. The molecule has 4 nitrogen and oxygen atoms in total. The van der Waals surface area contributed by atoms with Gasteiger partial charge in [0, 0.05) is 17.1 Å². The molecule has 0 atom stereocenters. The van der Waals surface area contributed by atoms with Crippen LogP contribution in [0.4, 0.5) is 5.95 Å². The zero-order valence-corrected chi connectivity index (χ0v) is 9.04. The van der Waals surface area contributed by atoms with Crippen molar-refractivity contribution in [2.45, 2.75) is 0 Å². The van der Waals surface area contributed by atoms with Crippen molar-refractivity contribution in [1.82, 2.24) is 15.0 Å². The zero-order valence-electron chi connectivity index (χ0n) is 9.04. The van der Waals surface area contributed by atoms with Gasteiger partial charge in [0.25, 0.3) is 0 Å². The van der Waals surface area contributed by atoms with Crippen LogP contribution in [0.25, 0.3) is 22.2 Å². The van der Waals surface area contributed by atoms with E-state index in [-0.39, 0.29) is 5.95 Å². The van der Waals surface area contributed by atoms with Gasteiger partial charge < -0.3 is 5.73 Å². The number of fused-ring (bicyclic) bond motifs is 1. The first-order valence-corrected chi connectivity index (χ1v) is 5.27. The standard InChI is InChI=1S/C13H10N4/c14-13-16-11-8-15-7-6-10(11)12(17-13)9-4-2-1-3-5-9/h1-8H,(H2,14,16,17). The SMILES string of the molecule is Nc1nc(-c2ccccc2)c2ccncc2n1. The highest BCUT2D eigenvalue weighted by Crippen LogP contribution is 2.25. The lowest BCUT2D eigenvalue weighted by Gasteiger charge is -2.05. The average Bonchev–Trinajstić information content (AvgIpc) is 2.39. The maximum Gasteiger partial charge on any atom is 0.221 e. The maximum atomic E-state index is 5.71. The molecule has 0 saturated carbocycles. The van der Waals surface area contributed by atoms with Gasteiger partial charge in [-0.1, -0.05) is 30.3 Å². The van der Waals surface area contributed by atoms with Crippen LogP contribution in [0.1, 0.15) is 0 Å². The highest BCUT2D eigenvalue weighted by atomic mass is 15.0. The Kier molecular flexibility index (Phi) is 2.19. The quantitative estimate of drug-likeness (QED) is 0.686. The lowest BCUT2D eigenvalue weighted by atomic mass is 10.1. The predicted octanol–water partition coefficient (Wildman–Crippen LogP) is 2.27. The number of nitrogens with two attached hydrogens (primary N) is 1. The van der Waals surface area contributed by atoms with Crippen LogP contribution in [0.2, 0.25) is 0 Å². The highest BCUT2D eigenvalue weighted by molar-refractivity contribution is 5.92. The topological polar surface area (TPSA) is 64.7 Å². The largest absolute Gasteiger partial charge is 0.368 e. The lowest BCUT2D eigenvalue weighted by molar-refractivity contribution is 1.22. The highest BCUT2D eigenvalue weighted by Gasteiger charge is 2.07. The van der Waals surface area contributed by atoms with Crippen molar-refractivity contribution in [2.24, 2.45) is 0 Å².